The van der Waals surface area contributed by atoms with Gasteiger partial charge >= 0.3 is 0 Å². The molecule has 0 aromatic carbocycles. The number of aliphatic imine (C=N–C) groups is 1. The van der Waals surface area contributed by atoms with Gasteiger partial charge in [0.25, 0.3) is 0 Å². The lowest BCUT2D eigenvalue weighted by Crippen LogP contribution is -1.78. The third kappa shape index (κ3) is 4.54. The van der Waals surface area contributed by atoms with Crippen molar-refractivity contribution in [1.29, 1.82) is 0 Å². The van der Waals surface area contributed by atoms with Crippen molar-refractivity contribution in [3.8, 4) is 0 Å². The maximum Gasteiger partial charge on any atom is 0.0361 e. The van der Waals surface area contributed by atoms with Gasteiger partial charge in [0.15, 0.2) is 0 Å². The fraction of sp³-hybridized carbons (Fsp3) is 0.500. The Hall–Kier alpha value is -0.850. The molecule has 0 aliphatic carbocycles. The van der Waals surface area contributed by atoms with Crippen LogP contribution >= 0.6 is 0 Å². The van der Waals surface area contributed by atoms with Crippen molar-refractivity contribution in [3.05, 3.63) is 23.4 Å². The number of rotatable bonds is 3. The lowest BCUT2D eigenvalue weighted by Gasteiger charge is -1.96. The molecule has 1 nitrogen and oxygen atoms in total. The van der Waals surface area contributed by atoms with Gasteiger partial charge in [-0.1, -0.05) is 18.6 Å². The summed E-state index contributed by atoms with van der Waals surface area (Å²) in [5.41, 5.74) is 2.48. The maximum atomic E-state index is 4.25. The molecule has 0 heterocycles. The average molecular weight is 151 g/mol. The van der Waals surface area contributed by atoms with Gasteiger partial charge in [0.05, 0.1) is 0 Å². The number of hydrogen-bond donors (Lipinski definition) is 0. The third-order valence-electron chi connectivity index (χ3n) is 1.69. The van der Waals surface area contributed by atoms with E-state index in [-0.39, 0.29) is 0 Å². The Morgan fingerprint density at radius 2 is 2.00 bits per heavy atom. The van der Waals surface area contributed by atoms with Gasteiger partial charge in [-0.25, -0.2) is 0 Å². The van der Waals surface area contributed by atoms with E-state index in [2.05, 4.69) is 18.8 Å². The predicted molar refractivity (Wildman–Crippen MR) is 52.0 cm³/mol. The minimum absolute atomic E-state index is 1.08. The van der Waals surface area contributed by atoms with Gasteiger partial charge in [-0.15, -0.1) is 0 Å². The summed E-state index contributed by atoms with van der Waals surface area (Å²) in [6.07, 6.45) is 6.82. The molecule has 0 aliphatic heterocycles. The molecule has 0 atom stereocenters. The first-order valence-corrected chi connectivity index (χ1v) is 4.04. The first kappa shape index (κ1) is 10.2. The summed E-state index contributed by atoms with van der Waals surface area (Å²) in [7, 11) is 0. The molecular formula is C10H17N. The van der Waals surface area contributed by atoms with Crippen LogP contribution in [0.1, 0.15) is 34.1 Å². The topological polar surface area (TPSA) is 12.4 Å². The van der Waals surface area contributed by atoms with E-state index in [9.17, 15) is 0 Å². The zero-order chi connectivity index (χ0) is 8.69. The molecule has 0 N–H and O–H groups in total. The van der Waals surface area contributed by atoms with Gasteiger partial charge in [0, 0.05) is 11.9 Å². The summed E-state index contributed by atoms with van der Waals surface area (Å²) in [5.74, 6) is 0. The SMILES string of the molecule is CC=CC=NC(C)=C(C)CC. The summed E-state index contributed by atoms with van der Waals surface area (Å²) < 4.78 is 0. The van der Waals surface area contributed by atoms with Crippen molar-refractivity contribution in [3.63, 3.8) is 0 Å². The zero-order valence-corrected chi connectivity index (χ0v) is 7.89. The summed E-state index contributed by atoms with van der Waals surface area (Å²) in [5, 5.41) is 0. The van der Waals surface area contributed by atoms with Gasteiger partial charge in [0.1, 0.15) is 0 Å². The molecular weight excluding hydrogens is 134 g/mol. The predicted octanol–water partition coefficient (Wildman–Crippen LogP) is 3.34. The quantitative estimate of drug-likeness (QED) is 0.548. The zero-order valence-electron chi connectivity index (χ0n) is 7.89. The molecule has 0 saturated carbocycles. The first-order valence-electron chi connectivity index (χ1n) is 4.04. The number of nitrogens with zero attached hydrogens (tertiary/aromatic N) is 1. The molecule has 0 fully saturated rings. The molecule has 0 aromatic heterocycles. The van der Waals surface area contributed by atoms with Crippen LogP contribution in [-0.4, -0.2) is 6.21 Å². The molecule has 62 valence electrons. The molecule has 0 saturated heterocycles. The largest absolute Gasteiger partial charge is 0.262 e. The standard InChI is InChI=1S/C10H17N/c1-5-7-8-11-10(4)9(3)6-2/h5,7-8H,6H2,1-4H3. The molecule has 0 amide bonds. The van der Waals surface area contributed by atoms with Crippen LogP contribution in [0.4, 0.5) is 0 Å². The fourth-order valence-electron chi connectivity index (χ4n) is 0.607. The van der Waals surface area contributed by atoms with Crippen LogP contribution in [0.3, 0.4) is 0 Å². The molecule has 0 aliphatic rings. The van der Waals surface area contributed by atoms with Crippen molar-refractivity contribution in [1.82, 2.24) is 0 Å². The summed E-state index contributed by atoms with van der Waals surface area (Å²) in [6, 6.07) is 0. The van der Waals surface area contributed by atoms with Crippen LogP contribution in [-0.2, 0) is 0 Å². The molecule has 1 heteroatoms. The molecule has 0 unspecified atom stereocenters. The number of hydrogen-bond acceptors (Lipinski definition) is 1. The molecule has 11 heavy (non-hydrogen) atoms. The fourth-order valence-corrected chi connectivity index (χ4v) is 0.607. The Bertz CT molecular complexity index is 185. The van der Waals surface area contributed by atoms with Crippen LogP contribution < -0.4 is 0 Å². The van der Waals surface area contributed by atoms with Crippen molar-refractivity contribution >= 4 is 6.21 Å². The summed E-state index contributed by atoms with van der Waals surface area (Å²) >= 11 is 0. The van der Waals surface area contributed by atoms with Gasteiger partial charge in [-0.2, -0.15) is 0 Å². The van der Waals surface area contributed by atoms with Crippen molar-refractivity contribution in [2.24, 2.45) is 4.99 Å². The lowest BCUT2D eigenvalue weighted by molar-refractivity contribution is 1.04. The minimum atomic E-state index is 1.08. The van der Waals surface area contributed by atoms with E-state index in [0.29, 0.717) is 0 Å². The van der Waals surface area contributed by atoms with E-state index < -0.39 is 0 Å². The Balaban J connectivity index is 4.14. The lowest BCUT2D eigenvalue weighted by atomic mass is 10.2. The van der Waals surface area contributed by atoms with E-state index in [1.807, 2.05) is 32.2 Å². The number of allylic oxidation sites excluding steroid dienone is 4. The van der Waals surface area contributed by atoms with Crippen LogP contribution in [0.2, 0.25) is 0 Å². The van der Waals surface area contributed by atoms with Crippen molar-refractivity contribution < 1.29 is 0 Å². The highest BCUT2D eigenvalue weighted by Gasteiger charge is 1.88. The second-order valence-corrected chi connectivity index (χ2v) is 2.52. The van der Waals surface area contributed by atoms with Gasteiger partial charge in [-0.3, -0.25) is 4.99 Å². The second-order valence-electron chi connectivity index (χ2n) is 2.52. The molecule has 0 bridgehead atoms. The third-order valence-corrected chi connectivity index (χ3v) is 1.69. The van der Waals surface area contributed by atoms with E-state index in [4.69, 9.17) is 0 Å². The van der Waals surface area contributed by atoms with Crippen LogP contribution in [0.25, 0.3) is 0 Å². The normalized spacial score (nSPS) is 14.5. The monoisotopic (exact) mass is 151 g/mol. The minimum Gasteiger partial charge on any atom is -0.262 e. The highest BCUT2D eigenvalue weighted by molar-refractivity contribution is 5.71. The van der Waals surface area contributed by atoms with E-state index in [1.54, 1.807) is 0 Å². The molecule has 0 spiro atoms. The van der Waals surface area contributed by atoms with Crippen LogP contribution in [0, 0.1) is 0 Å². The van der Waals surface area contributed by atoms with Crippen LogP contribution in [0.5, 0.6) is 0 Å². The van der Waals surface area contributed by atoms with Gasteiger partial charge in [0.2, 0.25) is 0 Å². The first-order chi connectivity index (χ1) is 5.22. The van der Waals surface area contributed by atoms with Crippen LogP contribution in [0.15, 0.2) is 28.4 Å². The molecule has 0 radical (unpaired) electrons. The van der Waals surface area contributed by atoms with E-state index in [0.717, 1.165) is 12.1 Å². The van der Waals surface area contributed by atoms with Crippen molar-refractivity contribution in [2.75, 3.05) is 0 Å². The summed E-state index contributed by atoms with van der Waals surface area (Å²) in [6.45, 7) is 8.28. The Morgan fingerprint density at radius 1 is 1.36 bits per heavy atom. The Kier molecular flexibility index (Phi) is 5.44. The van der Waals surface area contributed by atoms with Crippen molar-refractivity contribution in [2.45, 2.75) is 34.1 Å². The maximum absolute atomic E-state index is 4.25. The second kappa shape index (κ2) is 5.90. The summed E-state index contributed by atoms with van der Waals surface area (Å²) in [4.78, 5) is 4.25. The van der Waals surface area contributed by atoms with E-state index >= 15 is 0 Å². The van der Waals surface area contributed by atoms with Gasteiger partial charge in [-0.05, 0) is 33.3 Å². The Labute approximate surface area is 69.5 Å². The van der Waals surface area contributed by atoms with Gasteiger partial charge < -0.3 is 0 Å². The smallest absolute Gasteiger partial charge is 0.0361 e. The molecule has 0 aromatic rings. The Morgan fingerprint density at radius 3 is 2.45 bits per heavy atom. The highest BCUT2D eigenvalue weighted by atomic mass is 14.7. The average Bonchev–Trinajstić information content (AvgIpc) is 2.03. The van der Waals surface area contributed by atoms with E-state index in [1.165, 1.54) is 5.57 Å². The highest BCUT2D eigenvalue weighted by Crippen LogP contribution is 2.06. The molecule has 0 rings (SSSR count).